The van der Waals surface area contributed by atoms with Crippen LogP contribution in [0, 0.1) is 5.41 Å². The van der Waals surface area contributed by atoms with E-state index in [2.05, 4.69) is 37.2 Å². The van der Waals surface area contributed by atoms with Gasteiger partial charge in [0.05, 0.1) is 5.56 Å². The minimum atomic E-state index is -0.137. The Labute approximate surface area is 131 Å². The molecule has 0 aromatic heterocycles. The highest BCUT2D eigenvalue weighted by Gasteiger charge is 2.26. The Kier molecular flexibility index (Phi) is 6.02. The molecule has 1 rings (SSSR count). The van der Waals surface area contributed by atoms with E-state index in [0.717, 1.165) is 8.95 Å². The minimum Gasteiger partial charge on any atom is -0.396 e. The number of hydrogen-bond donors (Lipinski definition) is 2. The molecule has 1 amide bonds. The van der Waals surface area contributed by atoms with Crippen LogP contribution in [0.15, 0.2) is 27.1 Å². The predicted octanol–water partition coefficient (Wildman–Crippen LogP) is 3.74. The Morgan fingerprint density at radius 3 is 2.53 bits per heavy atom. The summed E-state index contributed by atoms with van der Waals surface area (Å²) in [6, 6.07) is 5.40. The van der Waals surface area contributed by atoms with E-state index in [0.29, 0.717) is 12.0 Å². The van der Waals surface area contributed by atoms with Crippen LogP contribution in [0.2, 0.25) is 0 Å². The molecule has 0 spiro atoms. The number of hydrogen-bond acceptors (Lipinski definition) is 2. The first kappa shape index (κ1) is 16.7. The minimum absolute atomic E-state index is 0.0574. The van der Waals surface area contributed by atoms with Crippen molar-refractivity contribution >= 4 is 37.8 Å². The van der Waals surface area contributed by atoms with Crippen LogP contribution < -0.4 is 5.32 Å². The summed E-state index contributed by atoms with van der Waals surface area (Å²) in [7, 11) is 0. The van der Waals surface area contributed by atoms with Crippen molar-refractivity contribution in [2.75, 3.05) is 6.61 Å². The zero-order chi connectivity index (χ0) is 14.6. The lowest BCUT2D eigenvalue weighted by Gasteiger charge is -2.31. The largest absolute Gasteiger partial charge is 0.396 e. The SMILES string of the molecule is CC(C)(C)C(CCO)NC(=O)c1cc(Br)ccc1Br. The smallest absolute Gasteiger partial charge is 0.252 e. The summed E-state index contributed by atoms with van der Waals surface area (Å²) in [5.41, 5.74) is 0.484. The topological polar surface area (TPSA) is 49.3 Å². The number of nitrogens with one attached hydrogen (secondary N) is 1. The van der Waals surface area contributed by atoms with Gasteiger partial charge >= 0.3 is 0 Å². The van der Waals surface area contributed by atoms with Crippen LogP contribution in [0.1, 0.15) is 37.6 Å². The van der Waals surface area contributed by atoms with Crippen LogP contribution in [-0.4, -0.2) is 23.7 Å². The number of rotatable bonds is 4. The van der Waals surface area contributed by atoms with Gasteiger partial charge in [-0.05, 0) is 46.0 Å². The average molecular weight is 393 g/mol. The summed E-state index contributed by atoms with van der Waals surface area (Å²) in [4.78, 5) is 12.3. The van der Waals surface area contributed by atoms with E-state index < -0.39 is 0 Å². The van der Waals surface area contributed by atoms with Gasteiger partial charge in [0.25, 0.3) is 5.91 Å². The van der Waals surface area contributed by atoms with Crippen molar-refractivity contribution in [3.8, 4) is 0 Å². The Morgan fingerprint density at radius 2 is 2.00 bits per heavy atom. The first-order valence-electron chi connectivity index (χ1n) is 6.12. The summed E-state index contributed by atoms with van der Waals surface area (Å²) in [5.74, 6) is -0.137. The molecule has 0 aliphatic rings. The molecular weight excluding hydrogens is 374 g/mol. The number of benzene rings is 1. The van der Waals surface area contributed by atoms with Gasteiger partial charge in [0.15, 0.2) is 0 Å². The lowest BCUT2D eigenvalue weighted by molar-refractivity contribution is 0.0884. The zero-order valence-electron chi connectivity index (χ0n) is 11.3. The van der Waals surface area contributed by atoms with Crippen molar-refractivity contribution in [2.45, 2.75) is 33.2 Å². The van der Waals surface area contributed by atoms with E-state index in [1.54, 1.807) is 6.07 Å². The molecule has 5 heteroatoms. The van der Waals surface area contributed by atoms with Crippen molar-refractivity contribution in [1.29, 1.82) is 0 Å². The summed E-state index contributed by atoms with van der Waals surface area (Å²) >= 11 is 6.74. The predicted molar refractivity (Wildman–Crippen MR) is 84.3 cm³/mol. The third kappa shape index (κ3) is 4.89. The number of aliphatic hydroxyl groups excluding tert-OH is 1. The molecule has 0 radical (unpaired) electrons. The number of amides is 1. The highest BCUT2D eigenvalue weighted by molar-refractivity contribution is 9.11. The molecule has 0 saturated carbocycles. The van der Waals surface area contributed by atoms with Crippen molar-refractivity contribution in [3.05, 3.63) is 32.7 Å². The number of carbonyl (C=O) groups excluding carboxylic acids is 1. The van der Waals surface area contributed by atoms with Gasteiger partial charge in [0.2, 0.25) is 0 Å². The molecule has 0 heterocycles. The molecule has 1 unspecified atom stereocenters. The molecule has 0 bridgehead atoms. The van der Waals surface area contributed by atoms with E-state index in [1.807, 2.05) is 32.9 Å². The fourth-order valence-corrected chi connectivity index (χ4v) is 2.55. The Bertz CT molecular complexity index is 455. The second-order valence-electron chi connectivity index (χ2n) is 5.53. The van der Waals surface area contributed by atoms with Crippen LogP contribution in [-0.2, 0) is 0 Å². The summed E-state index contributed by atoms with van der Waals surface area (Å²) in [6.45, 7) is 6.19. The molecule has 3 nitrogen and oxygen atoms in total. The Morgan fingerprint density at radius 1 is 1.37 bits per heavy atom. The second kappa shape index (κ2) is 6.86. The maximum atomic E-state index is 12.3. The molecule has 0 saturated heterocycles. The number of aliphatic hydroxyl groups is 1. The van der Waals surface area contributed by atoms with E-state index in [1.165, 1.54) is 0 Å². The maximum absolute atomic E-state index is 12.3. The van der Waals surface area contributed by atoms with Gasteiger partial charge < -0.3 is 10.4 Å². The van der Waals surface area contributed by atoms with Gasteiger partial charge in [0, 0.05) is 21.6 Å². The second-order valence-corrected chi connectivity index (χ2v) is 7.30. The lowest BCUT2D eigenvalue weighted by Crippen LogP contribution is -2.44. The van der Waals surface area contributed by atoms with Crippen LogP contribution in [0.25, 0.3) is 0 Å². The van der Waals surface area contributed by atoms with Crippen molar-refractivity contribution < 1.29 is 9.90 Å². The van der Waals surface area contributed by atoms with Crippen molar-refractivity contribution in [2.24, 2.45) is 5.41 Å². The zero-order valence-corrected chi connectivity index (χ0v) is 14.5. The molecule has 19 heavy (non-hydrogen) atoms. The van der Waals surface area contributed by atoms with Gasteiger partial charge in [-0.15, -0.1) is 0 Å². The van der Waals surface area contributed by atoms with Crippen LogP contribution in [0.3, 0.4) is 0 Å². The molecule has 2 N–H and O–H groups in total. The van der Waals surface area contributed by atoms with Gasteiger partial charge in [-0.1, -0.05) is 36.7 Å². The first-order chi connectivity index (χ1) is 8.75. The third-order valence-corrected chi connectivity index (χ3v) is 4.13. The summed E-state index contributed by atoms with van der Waals surface area (Å²) in [5, 5.41) is 12.1. The molecule has 0 fully saturated rings. The molecule has 1 aromatic carbocycles. The normalized spacial score (nSPS) is 13.2. The van der Waals surface area contributed by atoms with E-state index >= 15 is 0 Å². The highest BCUT2D eigenvalue weighted by Crippen LogP contribution is 2.25. The van der Waals surface area contributed by atoms with Crippen LogP contribution in [0.5, 0.6) is 0 Å². The highest BCUT2D eigenvalue weighted by atomic mass is 79.9. The molecule has 1 atom stereocenters. The van der Waals surface area contributed by atoms with Gasteiger partial charge in [-0.25, -0.2) is 0 Å². The monoisotopic (exact) mass is 391 g/mol. The van der Waals surface area contributed by atoms with Crippen LogP contribution in [0.4, 0.5) is 0 Å². The molecular formula is C14H19Br2NO2. The molecule has 0 aliphatic carbocycles. The standard InChI is InChI=1S/C14H19Br2NO2/c1-14(2,3)12(6-7-18)17-13(19)10-8-9(15)4-5-11(10)16/h4-5,8,12,18H,6-7H2,1-3H3,(H,17,19). The Balaban J connectivity index is 2.91. The quantitative estimate of drug-likeness (QED) is 0.819. The number of halogens is 2. The molecule has 106 valence electrons. The van der Waals surface area contributed by atoms with Gasteiger partial charge in [0.1, 0.15) is 0 Å². The summed E-state index contributed by atoms with van der Waals surface area (Å²) < 4.78 is 1.61. The van der Waals surface area contributed by atoms with E-state index in [9.17, 15) is 4.79 Å². The average Bonchev–Trinajstić information content (AvgIpc) is 2.30. The fourth-order valence-electron chi connectivity index (χ4n) is 1.76. The van der Waals surface area contributed by atoms with Crippen molar-refractivity contribution in [3.63, 3.8) is 0 Å². The van der Waals surface area contributed by atoms with Crippen LogP contribution >= 0.6 is 31.9 Å². The Hall–Kier alpha value is -0.390. The maximum Gasteiger partial charge on any atom is 0.252 e. The van der Waals surface area contributed by atoms with Crippen molar-refractivity contribution in [1.82, 2.24) is 5.32 Å². The third-order valence-electron chi connectivity index (χ3n) is 2.94. The van der Waals surface area contributed by atoms with E-state index in [4.69, 9.17) is 5.11 Å². The van der Waals surface area contributed by atoms with Gasteiger partial charge in [-0.2, -0.15) is 0 Å². The lowest BCUT2D eigenvalue weighted by atomic mass is 9.85. The molecule has 1 aromatic rings. The number of carbonyl (C=O) groups is 1. The van der Waals surface area contributed by atoms with E-state index in [-0.39, 0.29) is 24.0 Å². The first-order valence-corrected chi connectivity index (χ1v) is 7.71. The summed E-state index contributed by atoms with van der Waals surface area (Å²) in [6.07, 6.45) is 0.543. The van der Waals surface area contributed by atoms with Gasteiger partial charge in [-0.3, -0.25) is 4.79 Å². The fraction of sp³-hybridized carbons (Fsp3) is 0.500. The molecule has 0 aliphatic heterocycles.